The summed E-state index contributed by atoms with van der Waals surface area (Å²) in [5.41, 5.74) is 1.15. The Morgan fingerprint density at radius 2 is 1.92 bits per heavy atom. The molecule has 0 bridgehead atoms. The summed E-state index contributed by atoms with van der Waals surface area (Å²) in [6.45, 7) is 1.47. The summed E-state index contributed by atoms with van der Waals surface area (Å²) in [7, 11) is 1.52. The molecule has 0 saturated carbocycles. The largest absolute Gasteiger partial charge is 0.496 e. The van der Waals surface area contributed by atoms with Crippen LogP contribution in [-0.4, -0.2) is 24.6 Å². The summed E-state index contributed by atoms with van der Waals surface area (Å²) in [5.74, 6) is -0.739. The lowest BCUT2D eigenvalue weighted by Gasteiger charge is -2.10. The minimum Gasteiger partial charge on any atom is -0.496 e. The first kappa shape index (κ1) is 18.9. The van der Waals surface area contributed by atoms with E-state index in [1.165, 1.54) is 25.8 Å². The van der Waals surface area contributed by atoms with Gasteiger partial charge in [0.25, 0.3) is 0 Å². The summed E-state index contributed by atoms with van der Waals surface area (Å²) in [6.07, 6.45) is 0. The number of halogens is 2. The van der Waals surface area contributed by atoms with E-state index >= 15 is 0 Å². The van der Waals surface area contributed by atoms with Gasteiger partial charge in [-0.1, -0.05) is 0 Å². The molecular formula is C18H17F2NO3S. The highest BCUT2D eigenvalue weighted by atomic mass is 32.2. The zero-order valence-corrected chi connectivity index (χ0v) is 14.6. The molecule has 1 N–H and O–H groups in total. The molecular weight excluding hydrogens is 348 g/mol. The number of ether oxygens (including phenoxy) is 1. The molecule has 0 fully saturated rings. The Kier molecular flexibility index (Phi) is 6.52. The molecule has 0 radical (unpaired) electrons. The van der Waals surface area contributed by atoms with Crippen LogP contribution in [0, 0.1) is 11.6 Å². The lowest BCUT2D eigenvalue weighted by molar-refractivity contribution is -0.113. The van der Waals surface area contributed by atoms with Gasteiger partial charge in [0.1, 0.15) is 17.4 Å². The monoisotopic (exact) mass is 365 g/mol. The predicted octanol–water partition coefficient (Wildman–Crippen LogP) is 4.05. The molecule has 0 atom stereocenters. The SMILES string of the molecule is COc1ccc(C(C)=O)cc1CSCC(=O)Nc1cc(F)ccc1F. The third kappa shape index (κ3) is 5.29. The number of hydrogen-bond donors (Lipinski definition) is 1. The van der Waals surface area contributed by atoms with Crippen LogP contribution >= 0.6 is 11.8 Å². The summed E-state index contributed by atoms with van der Waals surface area (Å²) in [6, 6.07) is 7.96. The quantitative estimate of drug-likeness (QED) is 0.752. The molecule has 25 heavy (non-hydrogen) atoms. The Hall–Kier alpha value is -2.41. The molecule has 0 unspecified atom stereocenters. The zero-order chi connectivity index (χ0) is 18.4. The molecule has 0 spiro atoms. The smallest absolute Gasteiger partial charge is 0.234 e. The lowest BCUT2D eigenvalue weighted by Crippen LogP contribution is -2.15. The van der Waals surface area contributed by atoms with Gasteiger partial charge in [-0.15, -0.1) is 11.8 Å². The minimum absolute atomic E-state index is 0.0450. The molecule has 2 aromatic rings. The van der Waals surface area contributed by atoms with E-state index in [2.05, 4.69) is 5.32 Å². The first-order chi connectivity index (χ1) is 11.9. The van der Waals surface area contributed by atoms with Crippen LogP contribution in [0.1, 0.15) is 22.8 Å². The van der Waals surface area contributed by atoms with Crippen LogP contribution in [0.4, 0.5) is 14.5 Å². The second kappa shape index (κ2) is 8.62. The second-order valence-corrected chi connectivity index (χ2v) is 6.23. The standard InChI is InChI=1S/C18H17F2NO3S/c1-11(22)12-3-6-17(24-2)13(7-12)9-25-10-18(23)21-16-8-14(19)4-5-15(16)20/h3-8H,9-10H2,1-2H3,(H,21,23). The molecule has 4 nitrogen and oxygen atoms in total. The van der Waals surface area contributed by atoms with Gasteiger partial charge in [-0.2, -0.15) is 0 Å². The summed E-state index contributed by atoms with van der Waals surface area (Å²) < 4.78 is 31.8. The first-order valence-corrected chi connectivity index (χ1v) is 8.56. The van der Waals surface area contributed by atoms with E-state index in [0.717, 1.165) is 23.8 Å². The van der Waals surface area contributed by atoms with Crippen molar-refractivity contribution in [3.8, 4) is 5.75 Å². The average Bonchev–Trinajstić information content (AvgIpc) is 2.58. The van der Waals surface area contributed by atoms with Gasteiger partial charge in [0.15, 0.2) is 5.78 Å². The number of carbonyl (C=O) groups is 2. The molecule has 7 heteroatoms. The highest BCUT2D eigenvalue weighted by molar-refractivity contribution is 7.99. The molecule has 0 aliphatic heterocycles. The number of amides is 1. The van der Waals surface area contributed by atoms with Crippen LogP contribution < -0.4 is 10.1 Å². The van der Waals surface area contributed by atoms with Crippen molar-refractivity contribution in [1.29, 1.82) is 0 Å². The predicted molar refractivity (Wildman–Crippen MR) is 94.1 cm³/mol. The van der Waals surface area contributed by atoms with E-state index in [4.69, 9.17) is 4.74 Å². The van der Waals surface area contributed by atoms with E-state index in [9.17, 15) is 18.4 Å². The van der Waals surface area contributed by atoms with Gasteiger partial charge in [-0.05, 0) is 37.3 Å². The van der Waals surface area contributed by atoms with E-state index in [1.807, 2.05) is 0 Å². The summed E-state index contributed by atoms with van der Waals surface area (Å²) >= 11 is 1.27. The number of anilines is 1. The maximum atomic E-state index is 13.5. The van der Waals surface area contributed by atoms with E-state index in [0.29, 0.717) is 17.1 Å². The van der Waals surface area contributed by atoms with Gasteiger partial charge in [-0.3, -0.25) is 9.59 Å². The maximum Gasteiger partial charge on any atom is 0.234 e. The fraction of sp³-hybridized carbons (Fsp3) is 0.222. The maximum absolute atomic E-state index is 13.5. The number of Topliss-reactive ketones (excluding diaryl/α,β-unsaturated/α-hetero) is 1. The fourth-order valence-electron chi connectivity index (χ4n) is 2.14. The number of methoxy groups -OCH3 is 1. The average molecular weight is 365 g/mol. The lowest BCUT2D eigenvalue weighted by atomic mass is 10.1. The van der Waals surface area contributed by atoms with Crippen molar-refractivity contribution in [3.05, 3.63) is 59.2 Å². The molecule has 2 aromatic carbocycles. The van der Waals surface area contributed by atoms with Crippen LogP contribution in [0.3, 0.4) is 0 Å². The highest BCUT2D eigenvalue weighted by Crippen LogP contribution is 2.25. The number of thioether (sulfide) groups is 1. The van der Waals surface area contributed by atoms with Crippen LogP contribution in [0.15, 0.2) is 36.4 Å². The molecule has 1 amide bonds. The minimum atomic E-state index is -0.699. The van der Waals surface area contributed by atoms with Crippen LogP contribution in [0.5, 0.6) is 5.75 Å². The first-order valence-electron chi connectivity index (χ1n) is 7.41. The number of ketones is 1. The van der Waals surface area contributed by atoms with Crippen molar-refractivity contribution < 1.29 is 23.1 Å². The Balaban J connectivity index is 1.96. The van der Waals surface area contributed by atoms with Crippen molar-refractivity contribution in [2.75, 3.05) is 18.2 Å². The Bertz CT molecular complexity index is 796. The van der Waals surface area contributed by atoms with Crippen molar-refractivity contribution in [2.45, 2.75) is 12.7 Å². The van der Waals surface area contributed by atoms with Crippen LogP contribution in [0.2, 0.25) is 0 Å². The molecule has 0 aliphatic rings. The molecule has 132 valence electrons. The molecule has 0 aliphatic carbocycles. The zero-order valence-electron chi connectivity index (χ0n) is 13.8. The van der Waals surface area contributed by atoms with Crippen molar-refractivity contribution >= 4 is 29.1 Å². The van der Waals surface area contributed by atoms with Gasteiger partial charge < -0.3 is 10.1 Å². The number of nitrogens with one attached hydrogen (secondary N) is 1. The normalized spacial score (nSPS) is 10.4. The van der Waals surface area contributed by atoms with Gasteiger partial charge in [0.2, 0.25) is 5.91 Å². The topological polar surface area (TPSA) is 55.4 Å². The molecule has 0 saturated heterocycles. The van der Waals surface area contributed by atoms with Gasteiger partial charge in [0, 0.05) is 22.9 Å². The highest BCUT2D eigenvalue weighted by Gasteiger charge is 2.11. The van der Waals surface area contributed by atoms with Crippen LogP contribution in [0.25, 0.3) is 0 Å². The Morgan fingerprint density at radius 1 is 1.16 bits per heavy atom. The van der Waals surface area contributed by atoms with E-state index in [1.54, 1.807) is 18.2 Å². The van der Waals surface area contributed by atoms with Crippen molar-refractivity contribution in [1.82, 2.24) is 0 Å². The Labute approximate surface area is 148 Å². The molecule has 0 aromatic heterocycles. The van der Waals surface area contributed by atoms with Gasteiger partial charge >= 0.3 is 0 Å². The molecule has 2 rings (SSSR count). The summed E-state index contributed by atoms with van der Waals surface area (Å²) in [5, 5.41) is 2.34. The van der Waals surface area contributed by atoms with Crippen molar-refractivity contribution in [3.63, 3.8) is 0 Å². The number of hydrogen-bond acceptors (Lipinski definition) is 4. The number of carbonyl (C=O) groups excluding carboxylic acids is 2. The van der Waals surface area contributed by atoms with E-state index < -0.39 is 17.5 Å². The van der Waals surface area contributed by atoms with Crippen LogP contribution in [-0.2, 0) is 10.5 Å². The molecule has 0 heterocycles. The second-order valence-electron chi connectivity index (χ2n) is 5.25. The fourth-order valence-corrected chi connectivity index (χ4v) is 2.95. The van der Waals surface area contributed by atoms with Gasteiger partial charge in [-0.25, -0.2) is 8.78 Å². The third-order valence-corrected chi connectivity index (χ3v) is 4.36. The number of rotatable bonds is 7. The Morgan fingerprint density at radius 3 is 2.60 bits per heavy atom. The van der Waals surface area contributed by atoms with E-state index in [-0.39, 0.29) is 17.2 Å². The third-order valence-electron chi connectivity index (χ3n) is 3.38. The number of benzene rings is 2. The van der Waals surface area contributed by atoms with Gasteiger partial charge in [0.05, 0.1) is 18.6 Å². The van der Waals surface area contributed by atoms with Crippen molar-refractivity contribution in [2.24, 2.45) is 0 Å². The summed E-state index contributed by atoms with van der Waals surface area (Å²) in [4.78, 5) is 23.4.